The molecule has 0 aromatic heterocycles. The first-order chi connectivity index (χ1) is 9.97. The van der Waals surface area contributed by atoms with Gasteiger partial charge in [-0.25, -0.2) is 0 Å². The lowest BCUT2D eigenvalue weighted by Crippen LogP contribution is -2.36. The highest BCUT2D eigenvalue weighted by atomic mass is 79.9. The smallest absolute Gasteiger partial charge is 0.258 e. The number of rotatable bonds is 5. The molecule has 0 radical (unpaired) electrons. The normalized spacial score (nSPS) is 15.0. The van der Waals surface area contributed by atoms with E-state index in [-0.39, 0.29) is 30.1 Å². The third-order valence-electron chi connectivity index (χ3n) is 3.53. The van der Waals surface area contributed by atoms with Gasteiger partial charge in [-0.05, 0) is 31.9 Å². The van der Waals surface area contributed by atoms with E-state index in [0.29, 0.717) is 15.7 Å². The van der Waals surface area contributed by atoms with Crippen LogP contribution in [-0.4, -0.2) is 24.3 Å². The Balaban J connectivity index is 2.02. The van der Waals surface area contributed by atoms with Crippen LogP contribution in [0.5, 0.6) is 5.75 Å². The molecule has 1 aliphatic rings. The highest BCUT2D eigenvalue weighted by Gasteiger charge is 2.19. The number of hydrogen-bond donors (Lipinski definition) is 2. The van der Waals surface area contributed by atoms with Gasteiger partial charge in [-0.2, -0.15) is 0 Å². The second-order valence-corrected chi connectivity index (χ2v) is 6.18. The minimum Gasteiger partial charge on any atom is -0.481 e. The molecule has 6 heteroatoms. The summed E-state index contributed by atoms with van der Waals surface area (Å²) in [6, 6.07) is 3.54. The van der Waals surface area contributed by atoms with Crippen LogP contribution >= 0.6 is 15.9 Å². The van der Waals surface area contributed by atoms with Crippen molar-refractivity contribution in [2.24, 2.45) is 0 Å². The van der Waals surface area contributed by atoms with Crippen molar-refractivity contribution < 1.29 is 14.3 Å². The molecule has 1 fully saturated rings. The number of carbonyl (C=O) groups excluding carboxylic acids is 2. The fourth-order valence-electron chi connectivity index (χ4n) is 2.51. The number of hydrogen-bond acceptors (Lipinski definition) is 4. The maximum atomic E-state index is 11.9. The first-order valence-corrected chi connectivity index (χ1v) is 7.79. The number of amides is 1. The SMILES string of the molecule is CC(=O)c1cc(Br)cc(N)c1OCC(=O)NC1CCCC1. The molecule has 114 valence electrons. The highest BCUT2D eigenvalue weighted by Crippen LogP contribution is 2.31. The van der Waals surface area contributed by atoms with Crippen LogP contribution in [0.2, 0.25) is 0 Å². The third-order valence-corrected chi connectivity index (χ3v) is 3.99. The van der Waals surface area contributed by atoms with Gasteiger partial charge >= 0.3 is 0 Å². The number of Topliss-reactive ketones (excluding diaryl/α,β-unsaturated/α-hetero) is 1. The Morgan fingerprint density at radius 3 is 2.67 bits per heavy atom. The van der Waals surface area contributed by atoms with Crippen LogP contribution in [0.4, 0.5) is 5.69 Å². The van der Waals surface area contributed by atoms with Gasteiger partial charge in [0, 0.05) is 10.5 Å². The minimum atomic E-state index is -0.182. The number of nitrogens with two attached hydrogens (primary N) is 1. The lowest BCUT2D eigenvalue weighted by molar-refractivity contribution is -0.123. The van der Waals surface area contributed by atoms with Crippen molar-refractivity contribution in [2.75, 3.05) is 12.3 Å². The predicted octanol–water partition coefficient (Wildman–Crippen LogP) is 2.67. The van der Waals surface area contributed by atoms with Gasteiger partial charge in [0.1, 0.15) is 0 Å². The Labute approximate surface area is 132 Å². The number of carbonyl (C=O) groups is 2. The molecule has 1 aromatic carbocycles. The number of halogens is 1. The summed E-state index contributed by atoms with van der Waals surface area (Å²) in [5, 5.41) is 2.93. The average molecular weight is 355 g/mol. The summed E-state index contributed by atoms with van der Waals surface area (Å²) < 4.78 is 6.18. The van der Waals surface area contributed by atoms with Gasteiger partial charge in [0.05, 0.1) is 11.3 Å². The Hall–Kier alpha value is -1.56. The summed E-state index contributed by atoms with van der Waals surface area (Å²) in [6.45, 7) is 1.30. The average Bonchev–Trinajstić information content (AvgIpc) is 2.89. The molecule has 0 heterocycles. The Morgan fingerprint density at radius 1 is 1.38 bits per heavy atom. The second kappa shape index (κ2) is 6.93. The zero-order valence-corrected chi connectivity index (χ0v) is 13.5. The van der Waals surface area contributed by atoms with E-state index >= 15 is 0 Å². The van der Waals surface area contributed by atoms with Gasteiger partial charge in [0.25, 0.3) is 5.91 Å². The lowest BCUT2D eigenvalue weighted by Gasteiger charge is -2.15. The first kappa shape index (κ1) is 15.8. The largest absolute Gasteiger partial charge is 0.481 e. The van der Waals surface area contributed by atoms with Gasteiger partial charge in [0.2, 0.25) is 0 Å². The summed E-state index contributed by atoms with van der Waals surface area (Å²) in [7, 11) is 0. The van der Waals surface area contributed by atoms with Gasteiger partial charge in [-0.3, -0.25) is 9.59 Å². The summed E-state index contributed by atoms with van der Waals surface area (Å²) in [5.41, 5.74) is 6.58. The fraction of sp³-hybridized carbons (Fsp3) is 0.467. The quantitative estimate of drug-likeness (QED) is 0.629. The minimum absolute atomic E-state index is 0.136. The number of ketones is 1. The molecule has 1 aromatic rings. The van der Waals surface area contributed by atoms with E-state index in [0.717, 1.165) is 25.7 Å². The second-order valence-electron chi connectivity index (χ2n) is 5.27. The lowest BCUT2D eigenvalue weighted by atomic mass is 10.1. The standard InChI is InChI=1S/C15H19BrN2O3/c1-9(19)12-6-10(16)7-13(17)15(12)21-8-14(20)18-11-4-2-3-5-11/h6-7,11H,2-5,8,17H2,1H3,(H,18,20). The van der Waals surface area contributed by atoms with E-state index in [4.69, 9.17) is 10.5 Å². The van der Waals surface area contributed by atoms with Crippen molar-refractivity contribution >= 4 is 33.3 Å². The first-order valence-electron chi connectivity index (χ1n) is 6.99. The fourth-order valence-corrected chi connectivity index (χ4v) is 2.99. The van der Waals surface area contributed by atoms with Crippen molar-refractivity contribution in [3.63, 3.8) is 0 Å². The molecule has 1 saturated carbocycles. The van der Waals surface area contributed by atoms with Crippen LogP contribution < -0.4 is 15.8 Å². The van der Waals surface area contributed by atoms with Crippen molar-refractivity contribution in [2.45, 2.75) is 38.6 Å². The molecule has 21 heavy (non-hydrogen) atoms. The van der Waals surface area contributed by atoms with Crippen molar-refractivity contribution in [1.29, 1.82) is 0 Å². The molecule has 0 aliphatic heterocycles. The van der Waals surface area contributed by atoms with Crippen LogP contribution in [0, 0.1) is 0 Å². The topological polar surface area (TPSA) is 81.4 Å². The Kier molecular flexibility index (Phi) is 5.22. The molecule has 5 nitrogen and oxygen atoms in total. The van der Waals surface area contributed by atoms with Crippen molar-refractivity contribution in [3.8, 4) is 5.75 Å². The van der Waals surface area contributed by atoms with E-state index in [1.54, 1.807) is 12.1 Å². The van der Waals surface area contributed by atoms with E-state index in [2.05, 4.69) is 21.2 Å². The number of nitrogen functional groups attached to an aromatic ring is 1. The molecule has 0 unspecified atom stereocenters. The highest BCUT2D eigenvalue weighted by molar-refractivity contribution is 9.10. The van der Waals surface area contributed by atoms with E-state index < -0.39 is 0 Å². The number of ether oxygens (including phenoxy) is 1. The Bertz CT molecular complexity index is 554. The summed E-state index contributed by atoms with van der Waals surface area (Å²) in [4.78, 5) is 23.5. The van der Waals surface area contributed by atoms with Gasteiger partial charge in [0.15, 0.2) is 18.1 Å². The van der Waals surface area contributed by atoms with Crippen LogP contribution in [0.1, 0.15) is 43.0 Å². The summed E-state index contributed by atoms with van der Waals surface area (Å²) in [5.74, 6) is -0.0693. The molecule has 0 spiro atoms. The monoisotopic (exact) mass is 354 g/mol. The zero-order valence-electron chi connectivity index (χ0n) is 11.9. The molecule has 0 bridgehead atoms. The molecular formula is C15H19BrN2O3. The van der Waals surface area contributed by atoms with Gasteiger partial charge in [-0.15, -0.1) is 0 Å². The maximum Gasteiger partial charge on any atom is 0.258 e. The molecule has 3 N–H and O–H groups in total. The van der Waals surface area contributed by atoms with Crippen LogP contribution in [-0.2, 0) is 4.79 Å². The van der Waals surface area contributed by atoms with E-state index in [9.17, 15) is 9.59 Å². The van der Waals surface area contributed by atoms with Crippen LogP contribution in [0.3, 0.4) is 0 Å². The zero-order chi connectivity index (χ0) is 15.4. The molecule has 2 rings (SSSR count). The van der Waals surface area contributed by atoms with E-state index in [1.165, 1.54) is 6.92 Å². The number of nitrogens with one attached hydrogen (secondary N) is 1. The molecule has 0 saturated heterocycles. The number of anilines is 1. The Morgan fingerprint density at radius 2 is 2.05 bits per heavy atom. The molecule has 0 atom stereocenters. The summed E-state index contributed by atoms with van der Waals surface area (Å²) in [6.07, 6.45) is 4.34. The number of benzene rings is 1. The van der Waals surface area contributed by atoms with Crippen LogP contribution in [0.25, 0.3) is 0 Å². The molecule has 1 aliphatic carbocycles. The van der Waals surface area contributed by atoms with Gasteiger partial charge < -0.3 is 15.8 Å². The molecule has 1 amide bonds. The van der Waals surface area contributed by atoms with Crippen LogP contribution in [0.15, 0.2) is 16.6 Å². The molecular weight excluding hydrogens is 336 g/mol. The van der Waals surface area contributed by atoms with E-state index in [1.807, 2.05) is 0 Å². The maximum absolute atomic E-state index is 11.9. The summed E-state index contributed by atoms with van der Waals surface area (Å²) >= 11 is 3.29. The van der Waals surface area contributed by atoms with Gasteiger partial charge in [-0.1, -0.05) is 28.8 Å². The van der Waals surface area contributed by atoms with Crippen molar-refractivity contribution in [3.05, 3.63) is 22.2 Å². The third kappa shape index (κ3) is 4.20. The van der Waals surface area contributed by atoms with Crippen molar-refractivity contribution in [1.82, 2.24) is 5.32 Å². The predicted molar refractivity (Wildman–Crippen MR) is 84.5 cm³/mol.